The van der Waals surface area contributed by atoms with E-state index in [-0.39, 0.29) is 5.97 Å². The van der Waals surface area contributed by atoms with E-state index in [1.807, 2.05) is 87.5 Å². The molecule has 2 nitrogen and oxygen atoms in total. The van der Waals surface area contributed by atoms with Crippen molar-refractivity contribution in [3.8, 4) is 0 Å². The van der Waals surface area contributed by atoms with Crippen LogP contribution in [0.1, 0.15) is 27.0 Å². The zero-order chi connectivity index (χ0) is 21.8. The molecule has 3 heteroatoms. The predicted molar refractivity (Wildman–Crippen MR) is 131 cm³/mol. The molecule has 4 aromatic carbocycles. The van der Waals surface area contributed by atoms with Crippen molar-refractivity contribution in [3.63, 3.8) is 0 Å². The average molecular weight is 425 g/mol. The zero-order valence-corrected chi connectivity index (χ0v) is 19.0. The van der Waals surface area contributed by atoms with Crippen molar-refractivity contribution >= 4 is 29.4 Å². The Balaban J connectivity index is 1.96. The minimum atomic E-state index is -2.68. The van der Waals surface area contributed by atoms with Gasteiger partial charge >= 0.3 is 5.97 Å². The first-order valence-corrected chi connectivity index (χ1v) is 12.1. The van der Waals surface area contributed by atoms with Gasteiger partial charge in [-0.2, -0.15) is 0 Å². The van der Waals surface area contributed by atoms with E-state index in [0.717, 1.165) is 32.6 Å². The molecular weight excluding hydrogens is 399 g/mol. The van der Waals surface area contributed by atoms with Crippen LogP contribution in [0, 0.1) is 20.8 Å². The SMILES string of the molecule is Cc1cc(C)c(C(=O)O[P+](c2ccccc2)(c2ccccc2)c2ccccc2)c(C)c1. The topological polar surface area (TPSA) is 26.3 Å². The number of carbonyl (C=O) groups excluding carboxylic acids is 1. The molecule has 0 radical (unpaired) electrons. The summed E-state index contributed by atoms with van der Waals surface area (Å²) in [5.41, 5.74) is 3.67. The summed E-state index contributed by atoms with van der Waals surface area (Å²) < 4.78 is 6.66. The van der Waals surface area contributed by atoms with E-state index < -0.39 is 7.49 Å². The molecule has 0 atom stereocenters. The molecule has 0 saturated heterocycles. The standard InChI is InChI=1S/C28H26O2P/c1-21-19-22(2)27(23(3)20-21)28(29)30-31(24-13-7-4-8-14-24,25-15-9-5-10-16-25)26-17-11-6-12-18-26/h4-20H,1-3H3/q+1. The first kappa shape index (κ1) is 21.0. The molecule has 0 aliphatic heterocycles. The van der Waals surface area contributed by atoms with Crippen molar-refractivity contribution in [2.24, 2.45) is 0 Å². The number of benzene rings is 4. The van der Waals surface area contributed by atoms with E-state index in [1.165, 1.54) is 0 Å². The smallest absolute Gasteiger partial charge is 0.292 e. The molecule has 4 rings (SSSR count). The van der Waals surface area contributed by atoms with Crippen LogP contribution in [0.4, 0.5) is 0 Å². The van der Waals surface area contributed by atoms with E-state index in [0.29, 0.717) is 5.56 Å². The molecular formula is C28H26O2P+. The number of carbonyl (C=O) groups is 1. The summed E-state index contributed by atoms with van der Waals surface area (Å²) in [6, 6.07) is 34.5. The second kappa shape index (κ2) is 8.88. The monoisotopic (exact) mass is 425 g/mol. The molecule has 0 fully saturated rings. The minimum absolute atomic E-state index is 0.278. The average Bonchev–Trinajstić information content (AvgIpc) is 2.78. The Hall–Kier alpha value is -3.22. The molecule has 0 bridgehead atoms. The second-order valence-electron chi connectivity index (χ2n) is 7.77. The van der Waals surface area contributed by atoms with Gasteiger partial charge in [-0.05, 0) is 68.3 Å². The van der Waals surface area contributed by atoms with Gasteiger partial charge in [0.15, 0.2) is 0 Å². The van der Waals surface area contributed by atoms with Crippen LogP contribution in [0.5, 0.6) is 0 Å². The third kappa shape index (κ3) is 4.04. The largest absolute Gasteiger partial charge is 0.383 e. The molecule has 31 heavy (non-hydrogen) atoms. The maximum atomic E-state index is 13.7. The fourth-order valence-electron chi connectivity index (χ4n) is 4.19. The summed E-state index contributed by atoms with van der Waals surface area (Å²) in [6.45, 7) is 6.00. The van der Waals surface area contributed by atoms with Crippen molar-refractivity contribution < 1.29 is 9.32 Å². The van der Waals surface area contributed by atoms with Crippen molar-refractivity contribution in [3.05, 3.63) is 125 Å². The summed E-state index contributed by atoms with van der Waals surface area (Å²) in [6.07, 6.45) is 0. The first-order valence-electron chi connectivity index (χ1n) is 10.4. The fraction of sp³-hybridized carbons (Fsp3) is 0.107. The van der Waals surface area contributed by atoms with E-state index in [4.69, 9.17) is 4.52 Å². The van der Waals surface area contributed by atoms with Crippen molar-refractivity contribution in [1.29, 1.82) is 0 Å². The van der Waals surface area contributed by atoms with E-state index in [2.05, 4.69) is 36.4 Å². The van der Waals surface area contributed by atoms with E-state index >= 15 is 0 Å². The van der Waals surface area contributed by atoms with Gasteiger partial charge in [-0.1, -0.05) is 72.3 Å². The first-order chi connectivity index (χ1) is 15.0. The van der Waals surface area contributed by atoms with E-state index in [1.54, 1.807) is 0 Å². The Morgan fingerprint density at radius 3 is 1.32 bits per heavy atom. The molecule has 0 aliphatic carbocycles. The normalized spacial score (nSPS) is 11.2. The molecule has 0 aromatic heterocycles. The third-order valence-electron chi connectivity index (χ3n) is 5.46. The lowest BCUT2D eigenvalue weighted by Gasteiger charge is -2.25. The maximum Gasteiger partial charge on any atom is 0.383 e. The highest BCUT2D eigenvalue weighted by Crippen LogP contribution is 2.57. The van der Waals surface area contributed by atoms with Crippen molar-refractivity contribution in [2.45, 2.75) is 20.8 Å². The van der Waals surface area contributed by atoms with Gasteiger partial charge < -0.3 is 0 Å². The molecule has 154 valence electrons. The molecule has 0 heterocycles. The quantitative estimate of drug-likeness (QED) is 0.385. The Kier molecular flexibility index (Phi) is 6.02. The molecule has 0 spiro atoms. The molecule has 4 aromatic rings. The maximum absolute atomic E-state index is 13.7. The number of hydrogen-bond acceptors (Lipinski definition) is 2. The molecule has 0 unspecified atom stereocenters. The summed E-state index contributed by atoms with van der Waals surface area (Å²) in [5.74, 6) is -0.278. The third-order valence-corrected chi connectivity index (χ3v) is 8.98. The molecule has 0 amide bonds. The van der Waals surface area contributed by atoms with Gasteiger partial charge in [-0.3, -0.25) is 4.52 Å². The second-order valence-corrected chi connectivity index (χ2v) is 10.7. The van der Waals surface area contributed by atoms with Gasteiger partial charge in [0.1, 0.15) is 15.9 Å². The van der Waals surface area contributed by atoms with Gasteiger partial charge in [-0.25, -0.2) is 4.79 Å². The van der Waals surface area contributed by atoms with Crippen LogP contribution in [-0.4, -0.2) is 5.97 Å². The molecule has 0 N–H and O–H groups in total. The lowest BCUT2D eigenvalue weighted by molar-refractivity contribution is 0.0753. The van der Waals surface area contributed by atoms with Crippen LogP contribution in [0.25, 0.3) is 0 Å². The Bertz CT molecular complexity index is 1070. The minimum Gasteiger partial charge on any atom is -0.292 e. The highest BCUT2D eigenvalue weighted by atomic mass is 31.2. The van der Waals surface area contributed by atoms with Crippen molar-refractivity contribution in [1.82, 2.24) is 0 Å². The molecule has 0 aliphatic rings. The Morgan fingerprint density at radius 1 is 0.613 bits per heavy atom. The highest BCUT2D eigenvalue weighted by Gasteiger charge is 2.51. The number of hydrogen-bond donors (Lipinski definition) is 0. The van der Waals surface area contributed by atoms with Crippen LogP contribution >= 0.6 is 7.49 Å². The van der Waals surface area contributed by atoms with Crippen LogP contribution in [0.15, 0.2) is 103 Å². The Morgan fingerprint density at radius 2 is 0.968 bits per heavy atom. The summed E-state index contributed by atoms with van der Waals surface area (Å²) in [4.78, 5) is 13.7. The lowest BCUT2D eigenvalue weighted by atomic mass is 10.0. The van der Waals surface area contributed by atoms with Crippen molar-refractivity contribution in [2.75, 3.05) is 0 Å². The van der Waals surface area contributed by atoms with Gasteiger partial charge in [0.2, 0.25) is 0 Å². The van der Waals surface area contributed by atoms with E-state index in [9.17, 15) is 4.79 Å². The van der Waals surface area contributed by atoms with Gasteiger partial charge in [0, 0.05) is 0 Å². The Labute approximate surface area is 185 Å². The van der Waals surface area contributed by atoms with Gasteiger partial charge in [-0.15, -0.1) is 0 Å². The predicted octanol–water partition coefficient (Wildman–Crippen LogP) is 5.68. The summed E-state index contributed by atoms with van der Waals surface area (Å²) >= 11 is 0. The number of rotatable bonds is 5. The summed E-state index contributed by atoms with van der Waals surface area (Å²) in [5, 5.41) is 3.05. The van der Waals surface area contributed by atoms with Gasteiger partial charge in [0.25, 0.3) is 7.49 Å². The van der Waals surface area contributed by atoms with Crippen LogP contribution in [0.2, 0.25) is 0 Å². The lowest BCUT2D eigenvalue weighted by Crippen LogP contribution is -2.34. The fourth-order valence-corrected chi connectivity index (χ4v) is 7.52. The number of aryl methyl sites for hydroxylation is 3. The van der Waals surface area contributed by atoms with Gasteiger partial charge in [0.05, 0.1) is 5.56 Å². The molecule has 0 saturated carbocycles. The van der Waals surface area contributed by atoms with Crippen LogP contribution < -0.4 is 15.9 Å². The zero-order valence-electron chi connectivity index (χ0n) is 18.1. The summed E-state index contributed by atoms with van der Waals surface area (Å²) in [7, 11) is -2.68. The highest BCUT2D eigenvalue weighted by molar-refractivity contribution is 7.92. The van der Waals surface area contributed by atoms with Crippen LogP contribution in [-0.2, 0) is 4.52 Å². The van der Waals surface area contributed by atoms with Crippen LogP contribution in [0.3, 0.4) is 0 Å².